The van der Waals surface area contributed by atoms with E-state index in [1.54, 1.807) is 0 Å². The number of esters is 3. The van der Waals surface area contributed by atoms with Crippen molar-refractivity contribution in [3.8, 4) is 0 Å². The number of ether oxygens (including phenoxy) is 3. The Hall–Kier alpha value is -2.63. The van der Waals surface area contributed by atoms with Crippen molar-refractivity contribution in [1.29, 1.82) is 0 Å². The second kappa shape index (κ2) is 48.0. The molecule has 1 unspecified atom stereocenters. The summed E-state index contributed by atoms with van der Waals surface area (Å²) in [4.78, 5) is 37.9. The van der Waals surface area contributed by atoms with Gasteiger partial charge in [-0.2, -0.15) is 0 Å². The monoisotopic (exact) mass is 827 g/mol. The summed E-state index contributed by atoms with van der Waals surface area (Å²) in [5.74, 6) is -0.912. The Labute approximate surface area is 365 Å². The topological polar surface area (TPSA) is 78.9 Å². The van der Waals surface area contributed by atoms with Crippen LogP contribution in [0.5, 0.6) is 0 Å². The van der Waals surface area contributed by atoms with Gasteiger partial charge in [0.1, 0.15) is 13.2 Å². The molecular weight excluding hydrogens is 733 g/mol. The Balaban J connectivity index is 4.42. The number of allylic oxidation sites excluding steroid dienone is 8. The molecule has 0 spiro atoms. The van der Waals surface area contributed by atoms with Gasteiger partial charge in [0.15, 0.2) is 6.10 Å². The zero-order valence-corrected chi connectivity index (χ0v) is 39.0. The molecule has 0 aromatic heterocycles. The first-order valence-electron chi connectivity index (χ1n) is 25.1. The van der Waals surface area contributed by atoms with Gasteiger partial charge in [-0.15, -0.1) is 0 Å². The standard InChI is InChI=1S/C53H94O6/c1-4-7-10-13-16-19-22-25-26-29-31-34-37-40-43-46-52(55)58-49-50(59-53(56)47-44-41-38-35-32-28-24-21-18-15-12-9-6-3)48-57-51(54)45-42-39-36-33-30-27-23-20-17-14-11-8-5-2/h16,19-21,23-26,50H,4-15,17-18,22,27-49H2,1-3H3. The van der Waals surface area contributed by atoms with Crippen molar-refractivity contribution < 1.29 is 28.6 Å². The predicted octanol–water partition coefficient (Wildman–Crippen LogP) is 16.3. The molecule has 0 N–H and O–H groups in total. The van der Waals surface area contributed by atoms with Crippen LogP contribution < -0.4 is 0 Å². The molecule has 6 heteroatoms. The van der Waals surface area contributed by atoms with Crippen molar-refractivity contribution in [2.75, 3.05) is 13.2 Å². The van der Waals surface area contributed by atoms with E-state index in [-0.39, 0.29) is 31.1 Å². The van der Waals surface area contributed by atoms with Gasteiger partial charge in [0.2, 0.25) is 0 Å². The van der Waals surface area contributed by atoms with E-state index >= 15 is 0 Å². The van der Waals surface area contributed by atoms with E-state index in [2.05, 4.69) is 69.4 Å². The highest BCUT2D eigenvalue weighted by molar-refractivity contribution is 5.71. The second-order valence-electron chi connectivity index (χ2n) is 16.7. The van der Waals surface area contributed by atoms with Crippen molar-refractivity contribution in [3.63, 3.8) is 0 Å². The molecule has 0 radical (unpaired) electrons. The van der Waals surface area contributed by atoms with E-state index < -0.39 is 6.10 Å². The Morgan fingerprint density at radius 3 is 0.983 bits per heavy atom. The van der Waals surface area contributed by atoms with Gasteiger partial charge < -0.3 is 14.2 Å². The average molecular weight is 827 g/mol. The van der Waals surface area contributed by atoms with E-state index in [4.69, 9.17) is 14.2 Å². The summed E-state index contributed by atoms with van der Waals surface area (Å²) in [5.41, 5.74) is 0. The van der Waals surface area contributed by atoms with Crippen molar-refractivity contribution >= 4 is 17.9 Å². The number of carbonyl (C=O) groups excluding carboxylic acids is 3. The first-order chi connectivity index (χ1) is 29.0. The van der Waals surface area contributed by atoms with Gasteiger partial charge in [-0.25, -0.2) is 0 Å². The van der Waals surface area contributed by atoms with Crippen LogP contribution in [0, 0.1) is 0 Å². The van der Waals surface area contributed by atoms with Gasteiger partial charge in [-0.1, -0.05) is 179 Å². The van der Waals surface area contributed by atoms with Crippen LogP contribution in [0.25, 0.3) is 0 Å². The van der Waals surface area contributed by atoms with Gasteiger partial charge in [0.25, 0.3) is 0 Å². The van der Waals surface area contributed by atoms with Crippen LogP contribution in [0.2, 0.25) is 0 Å². The Morgan fingerprint density at radius 2 is 0.610 bits per heavy atom. The van der Waals surface area contributed by atoms with E-state index in [1.165, 1.54) is 116 Å². The predicted molar refractivity (Wildman–Crippen MR) is 252 cm³/mol. The molecule has 0 aliphatic carbocycles. The summed E-state index contributed by atoms with van der Waals surface area (Å²) in [6, 6.07) is 0. The fourth-order valence-electron chi connectivity index (χ4n) is 6.93. The third-order valence-electron chi connectivity index (χ3n) is 10.8. The molecule has 1 atom stereocenters. The van der Waals surface area contributed by atoms with Crippen molar-refractivity contribution in [1.82, 2.24) is 0 Å². The molecule has 0 aromatic carbocycles. The lowest BCUT2D eigenvalue weighted by molar-refractivity contribution is -0.167. The lowest BCUT2D eigenvalue weighted by atomic mass is 10.1. The highest BCUT2D eigenvalue weighted by atomic mass is 16.6. The molecule has 0 saturated heterocycles. The SMILES string of the molecule is CCCCCC=CCC=CCCCCCCCC(=O)OCC(COC(=O)CCCCCCCC=CCCCCCC)OC(=O)CCCCCCCC=CCCCCCC. The zero-order chi connectivity index (χ0) is 43.0. The van der Waals surface area contributed by atoms with Crippen LogP contribution in [0.1, 0.15) is 252 Å². The quantitative estimate of drug-likeness (QED) is 0.0263. The molecule has 0 rings (SSSR count). The van der Waals surface area contributed by atoms with Crippen LogP contribution in [0.3, 0.4) is 0 Å². The van der Waals surface area contributed by atoms with Crippen molar-refractivity contribution in [2.45, 2.75) is 258 Å². The minimum Gasteiger partial charge on any atom is -0.462 e. The largest absolute Gasteiger partial charge is 0.462 e. The Morgan fingerprint density at radius 1 is 0.339 bits per heavy atom. The zero-order valence-electron chi connectivity index (χ0n) is 39.0. The summed E-state index contributed by atoms with van der Waals surface area (Å²) in [7, 11) is 0. The van der Waals surface area contributed by atoms with Gasteiger partial charge in [0, 0.05) is 19.3 Å². The number of rotatable bonds is 45. The molecule has 59 heavy (non-hydrogen) atoms. The molecule has 0 saturated carbocycles. The minimum absolute atomic E-state index is 0.0849. The van der Waals surface area contributed by atoms with E-state index in [0.29, 0.717) is 19.3 Å². The first-order valence-corrected chi connectivity index (χ1v) is 25.1. The summed E-state index contributed by atoms with van der Waals surface area (Å²) >= 11 is 0. The molecule has 0 bridgehead atoms. The molecule has 6 nitrogen and oxygen atoms in total. The fourth-order valence-corrected chi connectivity index (χ4v) is 6.93. The summed E-state index contributed by atoms with van der Waals surface area (Å²) < 4.78 is 16.7. The lowest BCUT2D eigenvalue weighted by Crippen LogP contribution is -2.30. The summed E-state index contributed by atoms with van der Waals surface area (Å²) in [5, 5.41) is 0. The summed E-state index contributed by atoms with van der Waals surface area (Å²) in [6.07, 6.45) is 56.6. The maximum absolute atomic E-state index is 12.8. The molecule has 0 aliphatic heterocycles. The van der Waals surface area contributed by atoms with Gasteiger partial charge in [-0.05, 0) is 103 Å². The molecule has 0 amide bonds. The average Bonchev–Trinajstić information content (AvgIpc) is 3.23. The Bertz CT molecular complexity index is 1040. The summed E-state index contributed by atoms with van der Waals surface area (Å²) in [6.45, 7) is 6.56. The van der Waals surface area contributed by atoms with Crippen LogP contribution in [-0.2, 0) is 28.6 Å². The molecule has 342 valence electrons. The number of carbonyl (C=O) groups is 3. The lowest BCUT2D eigenvalue weighted by Gasteiger charge is -2.18. The van der Waals surface area contributed by atoms with Crippen molar-refractivity contribution in [3.05, 3.63) is 48.6 Å². The minimum atomic E-state index is -0.784. The van der Waals surface area contributed by atoms with E-state index in [0.717, 1.165) is 96.3 Å². The van der Waals surface area contributed by atoms with Gasteiger partial charge in [-0.3, -0.25) is 14.4 Å². The van der Waals surface area contributed by atoms with Crippen LogP contribution in [0.15, 0.2) is 48.6 Å². The molecular formula is C53H94O6. The molecule has 0 fully saturated rings. The second-order valence-corrected chi connectivity index (χ2v) is 16.7. The van der Waals surface area contributed by atoms with Crippen molar-refractivity contribution in [2.24, 2.45) is 0 Å². The maximum Gasteiger partial charge on any atom is 0.306 e. The number of hydrogen-bond donors (Lipinski definition) is 0. The van der Waals surface area contributed by atoms with Crippen LogP contribution >= 0.6 is 0 Å². The Kier molecular flexibility index (Phi) is 45.9. The smallest absolute Gasteiger partial charge is 0.306 e. The van der Waals surface area contributed by atoms with Crippen LogP contribution in [-0.4, -0.2) is 37.2 Å². The highest BCUT2D eigenvalue weighted by Crippen LogP contribution is 2.14. The molecule has 0 aliphatic rings. The van der Waals surface area contributed by atoms with E-state index in [9.17, 15) is 14.4 Å². The molecule has 0 aromatic rings. The highest BCUT2D eigenvalue weighted by Gasteiger charge is 2.19. The fraction of sp³-hybridized carbons (Fsp3) is 0.792. The maximum atomic E-state index is 12.8. The van der Waals surface area contributed by atoms with E-state index in [1.807, 2.05) is 0 Å². The van der Waals surface area contributed by atoms with Gasteiger partial charge >= 0.3 is 17.9 Å². The van der Waals surface area contributed by atoms with Gasteiger partial charge in [0.05, 0.1) is 0 Å². The third kappa shape index (κ3) is 46.3. The number of hydrogen-bond acceptors (Lipinski definition) is 6. The normalized spacial score (nSPS) is 12.4. The number of unbranched alkanes of at least 4 members (excludes halogenated alkanes) is 26. The third-order valence-corrected chi connectivity index (χ3v) is 10.8. The molecule has 0 heterocycles. The first kappa shape index (κ1) is 56.4. The van der Waals surface area contributed by atoms with Crippen LogP contribution in [0.4, 0.5) is 0 Å².